The number of aromatic nitrogens is 3. The number of hydrogen-bond acceptors (Lipinski definition) is 4. The van der Waals surface area contributed by atoms with E-state index >= 15 is 0 Å². The molecular weight excluding hydrogens is 309 g/mol. The van der Waals surface area contributed by atoms with Crippen molar-refractivity contribution >= 4 is 42.4 Å². The van der Waals surface area contributed by atoms with E-state index in [1.54, 1.807) is 11.6 Å². The minimum absolute atomic E-state index is 0.0446. The van der Waals surface area contributed by atoms with Gasteiger partial charge in [0.15, 0.2) is 0 Å². The van der Waals surface area contributed by atoms with Gasteiger partial charge in [-0.05, 0) is 12.8 Å². The van der Waals surface area contributed by atoms with Gasteiger partial charge in [0.05, 0.1) is 5.39 Å². The van der Waals surface area contributed by atoms with Crippen LogP contribution in [0.15, 0.2) is 11.1 Å². The third-order valence-electron chi connectivity index (χ3n) is 3.49. The van der Waals surface area contributed by atoms with Crippen molar-refractivity contribution in [2.45, 2.75) is 30.1 Å². The molecule has 0 N–H and O–H groups in total. The fourth-order valence-electron chi connectivity index (χ4n) is 2.24. The molecule has 0 amide bonds. The first-order chi connectivity index (χ1) is 8.88. The van der Waals surface area contributed by atoms with Crippen molar-refractivity contribution in [3.63, 3.8) is 0 Å². The van der Waals surface area contributed by atoms with Gasteiger partial charge in [-0.25, -0.2) is 18.4 Å². The summed E-state index contributed by atoms with van der Waals surface area (Å²) in [6.45, 7) is 0. The van der Waals surface area contributed by atoms with Crippen molar-refractivity contribution in [2.24, 2.45) is 7.05 Å². The van der Waals surface area contributed by atoms with Gasteiger partial charge in [0, 0.05) is 29.8 Å². The average Bonchev–Trinajstić information content (AvgIpc) is 2.54. The molecule has 0 saturated heterocycles. The van der Waals surface area contributed by atoms with E-state index in [9.17, 15) is 8.42 Å². The molecule has 1 saturated carbocycles. The number of aryl methyl sites for hydroxylation is 1. The molecule has 0 bridgehead atoms. The summed E-state index contributed by atoms with van der Waals surface area (Å²) in [6, 6.07) is 0. The molecule has 0 aliphatic heterocycles. The lowest BCUT2D eigenvalue weighted by atomic mass is 9.85. The van der Waals surface area contributed by atoms with E-state index < -0.39 is 9.05 Å². The molecule has 0 radical (unpaired) electrons. The Bertz CT molecular complexity index is 766. The molecule has 102 valence electrons. The molecule has 0 spiro atoms. The predicted molar refractivity (Wildman–Crippen MR) is 73.1 cm³/mol. The van der Waals surface area contributed by atoms with Crippen LogP contribution in [-0.2, 0) is 16.1 Å². The van der Waals surface area contributed by atoms with Crippen LogP contribution < -0.4 is 0 Å². The standard InChI is InChI=1S/C11H11Cl2N3O2S/c1-16-5-7(19(13,17)18)8-9(12)14-10(15-11(8)16)6-3-2-4-6/h5-6H,2-4H2,1H3. The van der Waals surface area contributed by atoms with Gasteiger partial charge < -0.3 is 4.57 Å². The van der Waals surface area contributed by atoms with Crippen molar-refractivity contribution in [3.05, 3.63) is 17.2 Å². The lowest BCUT2D eigenvalue weighted by Crippen LogP contribution is -2.13. The van der Waals surface area contributed by atoms with Crippen LogP contribution in [0, 0.1) is 0 Å². The third kappa shape index (κ3) is 2.11. The molecule has 19 heavy (non-hydrogen) atoms. The third-order valence-corrected chi connectivity index (χ3v) is 5.09. The zero-order valence-electron chi connectivity index (χ0n) is 10.1. The summed E-state index contributed by atoms with van der Waals surface area (Å²) in [6.07, 6.45) is 4.68. The smallest absolute Gasteiger partial charge is 0.263 e. The maximum atomic E-state index is 11.5. The van der Waals surface area contributed by atoms with Gasteiger partial charge in [-0.2, -0.15) is 0 Å². The highest BCUT2D eigenvalue weighted by Crippen LogP contribution is 2.37. The van der Waals surface area contributed by atoms with Crippen molar-refractivity contribution < 1.29 is 8.42 Å². The van der Waals surface area contributed by atoms with E-state index in [0.29, 0.717) is 22.8 Å². The van der Waals surface area contributed by atoms with Gasteiger partial charge in [-0.15, -0.1) is 0 Å². The highest BCUT2D eigenvalue weighted by molar-refractivity contribution is 8.14. The second-order valence-electron chi connectivity index (χ2n) is 4.74. The van der Waals surface area contributed by atoms with Gasteiger partial charge in [0.1, 0.15) is 21.5 Å². The van der Waals surface area contributed by atoms with Crippen LogP contribution in [-0.4, -0.2) is 23.0 Å². The summed E-state index contributed by atoms with van der Waals surface area (Å²) >= 11 is 6.12. The van der Waals surface area contributed by atoms with Gasteiger partial charge in [0.2, 0.25) is 0 Å². The zero-order valence-corrected chi connectivity index (χ0v) is 12.4. The molecule has 2 aromatic rings. The molecule has 0 unspecified atom stereocenters. The first-order valence-electron chi connectivity index (χ1n) is 5.85. The molecule has 3 rings (SSSR count). The second-order valence-corrected chi connectivity index (χ2v) is 7.63. The van der Waals surface area contributed by atoms with Crippen molar-refractivity contribution in [2.75, 3.05) is 0 Å². The Hall–Kier alpha value is -0.850. The van der Waals surface area contributed by atoms with E-state index in [2.05, 4.69) is 9.97 Å². The molecule has 2 aromatic heterocycles. The molecule has 2 heterocycles. The lowest BCUT2D eigenvalue weighted by molar-refractivity contribution is 0.402. The van der Waals surface area contributed by atoms with Crippen molar-refractivity contribution in [1.29, 1.82) is 0 Å². The topological polar surface area (TPSA) is 64.8 Å². The fourth-order valence-corrected chi connectivity index (χ4v) is 3.64. The Kier molecular flexibility index (Phi) is 2.99. The summed E-state index contributed by atoms with van der Waals surface area (Å²) in [5, 5.41) is 0.439. The monoisotopic (exact) mass is 319 g/mol. The van der Waals surface area contributed by atoms with Crippen molar-refractivity contribution in [1.82, 2.24) is 14.5 Å². The van der Waals surface area contributed by atoms with E-state index in [1.807, 2.05) is 0 Å². The minimum Gasteiger partial charge on any atom is -0.334 e. The summed E-state index contributed by atoms with van der Waals surface area (Å²) in [5.41, 5.74) is 0.501. The van der Waals surface area contributed by atoms with Crippen LogP contribution in [0.25, 0.3) is 11.0 Å². The van der Waals surface area contributed by atoms with E-state index in [1.165, 1.54) is 6.20 Å². The summed E-state index contributed by atoms with van der Waals surface area (Å²) < 4.78 is 24.7. The lowest BCUT2D eigenvalue weighted by Gasteiger charge is -2.23. The molecular formula is C11H11Cl2N3O2S. The summed E-state index contributed by atoms with van der Waals surface area (Å²) in [5.74, 6) is 1.01. The van der Waals surface area contributed by atoms with Crippen LogP contribution in [0.3, 0.4) is 0 Å². The number of halogens is 2. The van der Waals surface area contributed by atoms with Crippen LogP contribution in [0.1, 0.15) is 31.0 Å². The van der Waals surface area contributed by atoms with Gasteiger partial charge in [0.25, 0.3) is 9.05 Å². The predicted octanol–water partition coefficient (Wildman–Crippen LogP) is 2.82. The van der Waals surface area contributed by atoms with Gasteiger partial charge >= 0.3 is 0 Å². The van der Waals surface area contributed by atoms with E-state index in [0.717, 1.165) is 19.3 Å². The Morgan fingerprint density at radius 3 is 2.58 bits per heavy atom. The zero-order chi connectivity index (χ0) is 13.8. The highest BCUT2D eigenvalue weighted by atomic mass is 35.7. The molecule has 0 atom stereocenters. The molecule has 0 aromatic carbocycles. The van der Waals surface area contributed by atoms with E-state index in [-0.39, 0.29) is 10.0 Å². The number of fused-ring (bicyclic) bond motifs is 1. The largest absolute Gasteiger partial charge is 0.334 e. The molecule has 1 fully saturated rings. The van der Waals surface area contributed by atoms with E-state index in [4.69, 9.17) is 22.3 Å². The maximum absolute atomic E-state index is 11.5. The van der Waals surface area contributed by atoms with Gasteiger partial charge in [-0.1, -0.05) is 18.0 Å². The number of nitrogens with zero attached hydrogens (tertiary/aromatic N) is 3. The molecule has 8 heteroatoms. The fraction of sp³-hybridized carbons (Fsp3) is 0.455. The molecule has 1 aliphatic rings. The maximum Gasteiger partial charge on any atom is 0.263 e. The van der Waals surface area contributed by atoms with Crippen LogP contribution in [0.4, 0.5) is 0 Å². The minimum atomic E-state index is -3.87. The highest BCUT2D eigenvalue weighted by Gasteiger charge is 2.27. The quantitative estimate of drug-likeness (QED) is 0.630. The van der Waals surface area contributed by atoms with Crippen LogP contribution in [0.5, 0.6) is 0 Å². The molecule has 5 nitrogen and oxygen atoms in total. The van der Waals surface area contributed by atoms with Crippen LogP contribution >= 0.6 is 22.3 Å². The number of rotatable bonds is 2. The Labute approximate surface area is 120 Å². The number of hydrogen-bond donors (Lipinski definition) is 0. The van der Waals surface area contributed by atoms with Crippen molar-refractivity contribution in [3.8, 4) is 0 Å². The normalized spacial score (nSPS) is 16.8. The first kappa shape index (κ1) is 13.1. The Morgan fingerprint density at radius 1 is 1.37 bits per heavy atom. The average molecular weight is 320 g/mol. The van der Waals surface area contributed by atoms with Crippen LogP contribution in [0.2, 0.25) is 5.15 Å². The Morgan fingerprint density at radius 2 is 2.05 bits per heavy atom. The first-order valence-corrected chi connectivity index (χ1v) is 8.54. The molecule has 1 aliphatic carbocycles. The SMILES string of the molecule is Cn1cc(S(=O)(=O)Cl)c2c(Cl)nc(C3CCC3)nc21. The summed E-state index contributed by atoms with van der Waals surface area (Å²) in [4.78, 5) is 8.62. The summed E-state index contributed by atoms with van der Waals surface area (Å²) in [7, 11) is 3.25. The Balaban J connectivity index is 2.29. The van der Waals surface area contributed by atoms with Gasteiger partial charge in [-0.3, -0.25) is 0 Å². The second kappa shape index (κ2) is 4.33.